The number of aliphatic hydroxyl groups is 1. The van der Waals surface area contributed by atoms with E-state index in [1.165, 1.54) is 16.8 Å². The number of nitrogens with zero attached hydrogens (tertiary/aromatic N) is 4. The van der Waals surface area contributed by atoms with E-state index in [0.29, 0.717) is 5.82 Å². The Morgan fingerprint density at radius 3 is 2.56 bits per heavy atom. The molecule has 9 heteroatoms. The molecule has 25 heavy (non-hydrogen) atoms. The molecule has 0 bridgehead atoms. The van der Waals surface area contributed by atoms with Crippen LogP contribution in [0.25, 0.3) is 11.4 Å². The van der Waals surface area contributed by atoms with E-state index in [2.05, 4.69) is 20.4 Å². The number of rotatable bonds is 5. The van der Waals surface area contributed by atoms with Crippen LogP contribution in [0.1, 0.15) is 5.56 Å². The van der Waals surface area contributed by atoms with E-state index < -0.39 is 11.7 Å². The smallest absolute Gasteiger partial charge is 0.394 e. The predicted octanol–water partition coefficient (Wildman–Crippen LogP) is 3.09. The first-order valence-electron chi connectivity index (χ1n) is 7.38. The molecular formula is C16H14F3N5O. The van der Waals surface area contributed by atoms with Crippen LogP contribution in [-0.2, 0) is 12.7 Å². The van der Waals surface area contributed by atoms with Crippen molar-refractivity contribution in [2.24, 2.45) is 0 Å². The molecule has 2 heterocycles. The van der Waals surface area contributed by atoms with Crippen molar-refractivity contribution in [2.75, 3.05) is 11.9 Å². The van der Waals surface area contributed by atoms with Gasteiger partial charge in [-0.15, -0.1) is 5.10 Å². The lowest BCUT2D eigenvalue weighted by atomic mass is 10.2. The summed E-state index contributed by atoms with van der Waals surface area (Å²) in [5, 5.41) is 16.1. The quantitative estimate of drug-likeness (QED) is 0.740. The fraction of sp³-hybridized carbons (Fsp3) is 0.188. The number of nitrogens with one attached hydrogen (secondary N) is 1. The van der Waals surface area contributed by atoms with Crippen LogP contribution in [0.3, 0.4) is 0 Å². The highest BCUT2D eigenvalue weighted by Gasteiger charge is 2.30. The van der Waals surface area contributed by atoms with Gasteiger partial charge in [0.1, 0.15) is 0 Å². The Balaban J connectivity index is 1.91. The zero-order chi connectivity index (χ0) is 17.9. The van der Waals surface area contributed by atoms with Crippen LogP contribution in [-0.4, -0.2) is 31.5 Å². The van der Waals surface area contributed by atoms with E-state index >= 15 is 0 Å². The van der Waals surface area contributed by atoms with E-state index in [-0.39, 0.29) is 24.8 Å². The lowest BCUT2D eigenvalue weighted by Gasteiger charge is -2.08. The Kier molecular flexibility index (Phi) is 4.66. The van der Waals surface area contributed by atoms with Crippen molar-refractivity contribution in [1.82, 2.24) is 19.7 Å². The summed E-state index contributed by atoms with van der Waals surface area (Å²) in [7, 11) is 0. The summed E-state index contributed by atoms with van der Waals surface area (Å²) in [6, 6.07) is 8.23. The number of aromatic nitrogens is 4. The zero-order valence-corrected chi connectivity index (χ0v) is 12.9. The Hall–Kier alpha value is -2.94. The molecule has 0 saturated heterocycles. The number of alkyl halides is 3. The fourth-order valence-corrected chi connectivity index (χ4v) is 2.26. The van der Waals surface area contributed by atoms with Crippen molar-refractivity contribution in [2.45, 2.75) is 12.7 Å². The maximum atomic E-state index is 12.8. The number of hydrogen-bond donors (Lipinski definition) is 2. The van der Waals surface area contributed by atoms with Gasteiger partial charge in [0, 0.05) is 23.6 Å². The van der Waals surface area contributed by atoms with E-state index in [1.807, 2.05) is 0 Å². The summed E-state index contributed by atoms with van der Waals surface area (Å²) < 4.78 is 39.9. The molecule has 2 N–H and O–H groups in total. The minimum absolute atomic E-state index is 0.139. The second-order valence-corrected chi connectivity index (χ2v) is 5.15. The number of hydrogen-bond acceptors (Lipinski definition) is 5. The maximum Gasteiger partial charge on any atom is 0.416 e. The molecule has 0 aliphatic carbocycles. The third-order valence-corrected chi connectivity index (χ3v) is 3.37. The molecule has 0 aliphatic heterocycles. The first kappa shape index (κ1) is 16.9. The summed E-state index contributed by atoms with van der Waals surface area (Å²) in [5.74, 6) is 0.616. The number of halogens is 3. The molecular weight excluding hydrogens is 335 g/mol. The van der Waals surface area contributed by atoms with Gasteiger partial charge < -0.3 is 10.4 Å². The SMILES string of the molecule is OCCn1nc(Nc2cccc(C(F)(F)F)c2)nc1-c1ccncc1. The summed E-state index contributed by atoms with van der Waals surface area (Å²) in [6.07, 6.45) is -1.25. The third kappa shape index (κ3) is 3.94. The molecule has 0 spiro atoms. The standard InChI is InChI=1S/C16H14F3N5O/c17-16(18,19)12-2-1-3-13(10-12)21-15-22-14(24(23-15)8-9-25)11-4-6-20-7-5-11/h1-7,10,25H,8-9H2,(H,21,23). The number of aliphatic hydroxyl groups excluding tert-OH is 1. The Morgan fingerprint density at radius 2 is 1.88 bits per heavy atom. The van der Waals surface area contributed by atoms with Crippen LogP contribution in [0, 0.1) is 0 Å². The van der Waals surface area contributed by atoms with Crippen molar-refractivity contribution in [1.29, 1.82) is 0 Å². The third-order valence-electron chi connectivity index (χ3n) is 3.37. The van der Waals surface area contributed by atoms with Gasteiger partial charge in [-0.3, -0.25) is 4.98 Å². The van der Waals surface area contributed by atoms with Crippen molar-refractivity contribution in [3.8, 4) is 11.4 Å². The first-order chi connectivity index (χ1) is 12.0. The molecule has 2 aromatic heterocycles. The van der Waals surface area contributed by atoms with Crippen LogP contribution in [0.4, 0.5) is 24.8 Å². The molecule has 0 aliphatic rings. The van der Waals surface area contributed by atoms with Crippen LogP contribution < -0.4 is 5.32 Å². The second-order valence-electron chi connectivity index (χ2n) is 5.15. The van der Waals surface area contributed by atoms with E-state index in [4.69, 9.17) is 5.11 Å². The number of benzene rings is 1. The average Bonchev–Trinajstić information content (AvgIpc) is 2.98. The minimum Gasteiger partial charge on any atom is -0.394 e. The van der Waals surface area contributed by atoms with Gasteiger partial charge in [-0.05, 0) is 30.3 Å². The molecule has 0 amide bonds. The fourth-order valence-electron chi connectivity index (χ4n) is 2.26. The predicted molar refractivity (Wildman–Crippen MR) is 85.1 cm³/mol. The Morgan fingerprint density at radius 1 is 1.12 bits per heavy atom. The highest BCUT2D eigenvalue weighted by atomic mass is 19.4. The van der Waals surface area contributed by atoms with Crippen LogP contribution in [0.15, 0.2) is 48.8 Å². The number of anilines is 2. The van der Waals surface area contributed by atoms with Crippen molar-refractivity contribution in [3.63, 3.8) is 0 Å². The van der Waals surface area contributed by atoms with E-state index in [1.54, 1.807) is 24.5 Å². The normalized spacial score (nSPS) is 11.5. The molecule has 0 radical (unpaired) electrons. The summed E-state index contributed by atoms with van der Waals surface area (Å²) >= 11 is 0. The highest BCUT2D eigenvalue weighted by molar-refractivity contribution is 5.60. The van der Waals surface area contributed by atoms with Crippen molar-refractivity contribution >= 4 is 11.6 Å². The topological polar surface area (TPSA) is 75.9 Å². The Labute approximate surface area is 141 Å². The zero-order valence-electron chi connectivity index (χ0n) is 12.9. The van der Waals surface area contributed by atoms with Gasteiger partial charge in [-0.25, -0.2) is 4.68 Å². The van der Waals surface area contributed by atoms with Gasteiger partial charge in [0.2, 0.25) is 5.95 Å². The minimum atomic E-state index is -4.43. The van der Waals surface area contributed by atoms with Crippen molar-refractivity contribution in [3.05, 3.63) is 54.4 Å². The van der Waals surface area contributed by atoms with Crippen LogP contribution in [0.2, 0.25) is 0 Å². The molecule has 130 valence electrons. The lowest BCUT2D eigenvalue weighted by Crippen LogP contribution is -2.07. The van der Waals surface area contributed by atoms with Gasteiger partial charge in [-0.1, -0.05) is 6.07 Å². The largest absolute Gasteiger partial charge is 0.416 e. The second kappa shape index (κ2) is 6.89. The average molecular weight is 349 g/mol. The van der Waals surface area contributed by atoms with Crippen LogP contribution in [0.5, 0.6) is 0 Å². The van der Waals surface area contributed by atoms with Gasteiger partial charge in [0.25, 0.3) is 0 Å². The molecule has 0 atom stereocenters. The maximum absolute atomic E-state index is 12.8. The van der Waals surface area contributed by atoms with E-state index in [9.17, 15) is 13.2 Å². The van der Waals surface area contributed by atoms with Gasteiger partial charge in [0.15, 0.2) is 5.82 Å². The van der Waals surface area contributed by atoms with Gasteiger partial charge in [0.05, 0.1) is 18.7 Å². The summed E-state index contributed by atoms with van der Waals surface area (Å²) in [5.41, 5.74) is 0.187. The van der Waals surface area contributed by atoms with Gasteiger partial charge in [-0.2, -0.15) is 18.2 Å². The highest BCUT2D eigenvalue weighted by Crippen LogP contribution is 2.31. The first-order valence-corrected chi connectivity index (χ1v) is 7.38. The molecule has 6 nitrogen and oxygen atoms in total. The lowest BCUT2D eigenvalue weighted by molar-refractivity contribution is -0.137. The monoisotopic (exact) mass is 349 g/mol. The molecule has 0 fully saturated rings. The summed E-state index contributed by atoms with van der Waals surface area (Å²) in [4.78, 5) is 8.23. The van der Waals surface area contributed by atoms with Crippen molar-refractivity contribution < 1.29 is 18.3 Å². The molecule has 1 aromatic carbocycles. The molecule has 0 unspecified atom stereocenters. The Bertz CT molecular complexity index is 848. The van der Waals surface area contributed by atoms with Gasteiger partial charge >= 0.3 is 6.18 Å². The number of pyridine rings is 1. The molecule has 3 aromatic rings. The van der Waals surface area contributed by atoms with Crippen LogP contribution >= 0.6 is 0 Å². The molecule has 0 saturated carbocycles. The molecule has 3 rings (SSSR count). The summed E-state index contributed by atoms with van der Waals surface area (Å²) in [6.45, 7) is 0.0549. The van der Waals surface area contributed by atoms with E-state index in [0.717, 1.165) is 17.7 Å².